The summed E-state index contributed by atoms with van der Waals surface area (Å²) in [5, 5.41) is 0. The molecule has 1 aliphatic heterocycles. The molecule has 112 valence electrons. The Hall–Kier alpha value is -0.530. The zero-order valence-electron chi connectivity index (χ0n) is 14.0. The Labute approximate surface area is 119 Å². The molecule has 0 spiro atoms. The highest BCUT2D eigenvalue weighted by Gasteiger charge is 2.33. The van der Waals surface area contributed by atoms with E-state index in [1.807, 2.05) is 0 Å². The fraction of sp³-hybridized carbons (Fsp3) is 0.941. The summed E-state index contributed by atoms with van der Waals surface area (Å²) in [6.07, 6.45) is 2.35. The van der Waals surface area contributed by atoms with Gasteiger partial charge in [0.25, 0.3) is 0 Å². The second kappa shape index (κ2) is 6.28. The lowest BCUT2D eigenvalue weighted by atomic mass is 9.71. The lowest BCUT2D eigenvalue weighted by molar-refractivity contribution is -0.138. The van der Waals surface area contributed by atoms with E-state index < -0.39 is 0 Å². The summed E-state index contributed by atoms with van der Waals surface area (Å²) >= 11 is 0. The summed E-state index contributed by atoms with van der Waals surface area (Å²) in [5.74, 6) is 2.47. The molecule has 2 nitrogen and oxygen atoms in total. The van der Waals surface area contributed by atoms with Crippen LogP contribution in [-0.4, -0.2) is 23.9 Å². The second-order valence-electron chi connectivity index (χ2n) is 7.85. The van der Waals surface area contributed by atoms with Crippen LogP contribution < -0.4 is 0 Å². The van der Waals surface area contributed by atoms with Gasteiger partial charge < -0.3 is 4.90 Å². The van der Waals surface area contributed by atoms with Gasteiger partial charge in [0, 0.05) is 19.0 Å². The number of rotatable bonds is 3. The molecule has 0 bridgehead atoms. The van der Waals surface area contributed by atoms with Crippen LogP contribution in [0.3, 0.4) is 0 Å². The minimum absolute atomic E-state index is 0.164. The Morgan fingerprint density at radius 1 is 1.05 bits per heavy atom. The number of hydrogen-bond donors (Lipinski definition) is 0. The maximum atomic E-state index is 12.3. The summed E-state index contributed by atoms with van der Waals surface area (Å²) in [4.78, 5) is 14.4. The lowest BCUT2D eigenvalue weighted by Gasteiger charge is -2.40. The van der Waals surface area contributed by atoms with Gasteiger partial charge in [-0.15, -0.1) is 0 Å². The van der Waals surface area contributed by atoms with E-state index in [2.05, 4.69) is 53.4 Å². The minimum Gasteiger partial charge on any atom is -0.342 e. The first-order chi connectivity index (χ1) is 8.64. The molecule has 0 aromatic rings. The van der Waals surface area contributed by atoms with Crippen molar-refractivity contribution in [3.8, 4) is 0 Å². The molecule has 1 heterocycles. The van der Waals surface area contributed by atoms with Crippen LogP contribution in [0, 0.1) is 29.1 Å². The smallest absolute Gasteiger partial charge is 0.225 e. The molecular formula is C17H33NO. The molecule has 0 aromatic heterocycles. The molecule has 1 aliphatic rings. The number of nitrogens with zero attached hydrogens (tertiary/aromatic N) is 1. The van der Waals surface area contributed by atoms with Gasteiger partial charge in [-0.1, -0.05) is 48.5 Å². The van der Waals surface area contributed by atoms with Crippen LogP contribution in [0.2, 0.25) is 0 Å². The van der Waals surface area contributed by atoms with E-state index in [4.69, 9.17) is 0 Å². The van der Waals surface area contributed by atoms with Gasteiger partial charge >= 0.3 is 0 Å². The molecule has 1 fully saturated rings. The number of hydrogen-bond acceptors (Lipinski definition) is 1. The summed E-state index contributed by atoms with van der Waals surface area (Å²) in [6, 6.07) is 0. The van der Waals surface area contributed by atoms with Crippen molar-refractivity contribution in [2.75, 3.05) is 13.1 Å². The Kier molecular flexibility index (Phi) is 5.46. The molecule has 0 N–H and O–H groups in total. The van der Waals surface area contributed by atoms with E-state index in [1.54, 1.807) is 0 Å². The highest BCUT2D eigenvalue weighted by molar-refractivity contribution is 5.78. The molecule has 0 aliphatic carbocycles. The van der Waals surface area contributed by atoms with Gasteiger partial charge in [0.1, 0.15) is 0 Å². The summed E-state index contributed by atoms with van der Waals surface area (Å²) in [6.45, 7) is 17.6. The summed E-state index contributed by atoms with van der Waals surface area (Å²) in [7, 11) is 0. The number of likely N-dealkylation sites (tertiary alicyclic amines) is 1. The largest absolute Gasteiger partial charge is 0.342 e. The van der Waals surface area contributed by atoms with Gasteiger partial charge in [-0.25, -0.2) is 0 Å². The van der Waals surface area contributed by atoms with E-state index >= 15 is 0 Å². The van der Waals surface area contributed by atoms with Crippen molar-refractivity contribution in [2.24, 2.45) is 29.1 Å². The van der Waals surface area contributed by atoms with Gasteiger partial charge in [-0.05, 0) is 36.0 Å². The van der Waals surface area contributed by atoms with E-state index in [0.717, 1.165) is 24.9 Å². The molecule has 1 rings (SSSR count). The van der Waals surface area contributed by atoms with Gasteiger partial charge in [0.15, 0.2) is 0 Å². The van der Waals surface area contributed by atoms with E-state index in [1.165, 1.54) is 12.8 Å². The third kappa shape index (κ3) is 4.22. The zero-order chi connectivity index (χ0) is 14.8. The normalized spacial score (nSPS) is 21.6. The first-order valence-electron chi connectivity index (χ1n) is 7.93. The molecule has 0 saturated carbocycles. The van der Waals surface area contributed by atoms with Crippen molar-refractivity contribution in [3.63, 3.8) is 0 Å². The van der Waals surface area contributed by atoms with Crippen molar-refractivity contribution >= 4 is 5.91 Å². The third-order valence-corrected chi connectivity index (χ3v) is 5.31. The van der Waals surface area contributed by atoms with Crippen LogP contribution in [0.4, 0.5) is 0 Å². The Morgan fingerprint density at radius 3 is 1.89 bits per heavy atom. The lowest BCUT2D eigenvalue weighted by Crippen LogP contribution is -2.44. The molecule has 2 heteroatoms. The highest BCUT2D eigenvalue weighted by atomic mass is 16.2. The molecule has 1 amide bonds. The maximum Gasteiger partial charge on any atom is 0.225 e. The fourth-order valence-electron chi connectivity index (χ4n) is 2.90. The van der Waals surface area contributed by atoms with Gasteiger partial charge in [0.05, 0.1) is 0 Å². The molecule has 2 atom stereocenters. The molecule has 0 radical (unpaired) electrons. The van der Waals surface area contributed by atoms with Gasteiger partial charge in [0.2, 0.25) is 5.91 Å². The number of carbonyl (C=O) groups is 1. The number of amides is 1. The molecular weight excluding hydrogens is 234 g/mol. The molecule has 19 heavy (non-hydrogen) atoms. The van der Waals surface area contributed by atoms with Crippen LogP contribution in [0.1, 0.15) is 61.3 Å². The maximum absolute atomic E-state index is 12.3. The average molecular weight is 267 g/mol. The van der Waals surface area contributed by atoms with E-state index in [9.17, 15) is 4.79 Å². The first-order valence-corrected chi connectivity index (χ1v) is 7.93. The Balaban J connectivity index is 2.52. The predicted molar refractivity (Wildman–Crippen MR) is 81.9 cm³/mol. The van der Waals surface area contributed by atoms with Crippen LogP contribution in [0.25, 0.3) is 0 Å². The summed E-state index contributed by atoms with van der Waals surface area (Å²) in [5.41, 5.74) is 0.377. The van der Waals surface area contributed by atoms with Crippen LogP contribution in [0.15, 0.2) is 0 Å². The molecule has 0 aromatic carbocycles. The Bertz CT molecular complexity index is 295. The van der Waals surface area contributed by atoms with E-state index in [-0.39, 0.29) is 5.92 Å². The van der Waals surface area contributed by atoms with Crippen molar-refractivity contribution in [1.29, 1.82) is 0 Å². The van der Waals surface area contributed by atoms with Crippen LogP contribution in [-0.2, 0) is 4.79 Å². The Morgan fingerprint density at radius 2 is 1.53 bits per heavy atom. The summed E-state index contributed by atoms with van der Waals surface area (Å²) < 4.78 is 0. The van der Waals surface area contributed by atoms with Crippen LogP contribution in [0.5, 0.6) is 0 Å². The predicted octanol–water partition coefficient (Wildman–Crippen LogP) is 4.20. The first kappa shape index (κ1) is 16.5. The minimum atomic E-state index is 0.164. The number of carbonyl (C=O) groups excluding carboxylic acids is 1. The fourth-order valence-corrected chi connectivity index (χ4v) is 2.90. The quantitative estimate of drug-likeness (QED) is 0.750. The number of piperidine rings is 1. The van der Waals surface area contributed by atoms with Crippen molar-refractivity contribution in [1.82, 2.24) is 4.90 Å². The van der Waals surface area contributed by atoms with Gasteiger partial charge in [-0.3, -0.25) is 4.79 Å². The van der Waals surface area contributed by atoms with Gasteiger partial charge in [-0.2, -0.15) is 0 Å². The third-order valence-electron chi connectivity index (χ3n) is 5.31. The molecule has 0 unspecified atom stereocenters. The zero-order valence-corrected chi connectivity index (χ0v) is 14.0. The second-order valence-corrected chi connectivity index (χ2v) is 7.85. The standard InChI is InChI=1S/C17H33NO/c1-12(2)13(3)16(19)18-10-8-15(9-11-18)14(4)17(5,6)7/h12-15H,8-11H2,1-7H3/t13-,14-/m1/s1. The van der Waals surface area contributed by atoms with Crippen molar-refractivity contribution in [2.45, 2.75) is 61.3 Å². The SMILES string of the molecule is CC(C)[C@@H](C)C(=O)N1CCC([C@@H](C)C(C)(C)C)CC1. The van der Waals surface area contributed by atoms with Crippen LogP contribution >= 0.6 is 0 Å². The van der Waals surface area contributed by atoms with Crippen molar-refractivity contribution < 1.29 is 4.79 Å². The highest BCUT2D eigenvalue weighted by Crippen LogP contribution is 2.37. The van der Waals surface area contributed by atoms with Crippen molar-refractivity contribution in [3.05, 3.63) is 0 Å². The average Bonchev–Trinajstić information content (AvgIpc) is 2.35. The molecule has 1 saturated heterocycles. The monoisotopic (exact) mass is 267 g/mol. The topological polar surface area (TPSA) is 20.3 Å². The van der Waals surface area contributed by atoms with E-state index in [0.29, 0.717) is 17.2 Å².